The summed E-state index contributed by atoms with van der Waals surface area (Å²) in [6.07, 6.45) is 1.46. The van der Waals surface area contributed by atoms with Crippen molar-refractivity contribution in [3.05, 3.63) is 65.7 Å². The molecule has 0 aliphatic heterocycles. The van der Waals surface area contributed by atoms with Gasteiger partial charge in [0.1, 0.15) is 0 Å². The minimum Gasteiger partial charge on any atom is -0.211 e. The van der Waals surface area contributed by atoms with Crippen LogP contribution >= 0.6 is 11.6 Å². The monoisotopic (exact) mass is 231 g/mol. The molecule has 2 rings (SSSR count). The van der Waals surface area contributed by atoms with E-state index in [0.717, 1.165) is 5.02 Å². The number of para-hydroxylation sites is 1. The zero-order valence-corrected chi connectivity index (χ0v) is 9.26. The van der Waals surface area contributed by atoms with Crippen LogP contribution < -0.4 is 0 Å². The van der Waals surface area contributed by atoms with E-state index < -0.39 is 0 Å². The molecular formula is C13H10ClNO. The molecule has 2 aromatic carbocycles. The van der Waals surface area contributed by atoms with Gasteiger partial charge in [0.15, 0.2) is 0 Å². The van der Waals surface area contributed by atoms with Crippen molar-refractivity contribution in [3.8, 4) is 0 Å². The third-order valence-corrected chi connectivity index (χ3v) is 1.92. The normalized spacial score (nSPS) is 8.31. The average Bonchev–Trinajstić information content (AvgIpc) is 2.33. The van der Waals surface area contributed by atoms with Crippen LogP contribution in [0.2, 0.25) is 5.02 Å². The number of nitrogens with zero attached hydrogens (tertiary/aromatic N) is 1. The highest BCUT2D eigenvalue weighted by Crippen LogP contribution is 2.07. The van der Waals surface area contributed by atoms with Crippen LogP contribution in [0.4, 0.5) is 5.69 Å². The molecule has 80 valence electrons. The number of rotatable bonds is 1. The molecule has 0 aliphatic rings. The molecule has 0 amide bonds. The lowest BCUT2D eigenvalue weighted by Gasteiger charge is -1.83. The fourth-order valence-electron chi connectivity index (χ4n) is 0.970. The molecule has 0 heterocycles. The van der Waals surface area contributed by atoms with Gasteiger partial charge in [-0.05, 0) is 24.3 Å². The van der Waals surface area contributed by atoms with Gasteiger partial charge in [0.05, 0.1) is 5.69 Å². The summed E-state index contributed by atoms with van der Waals surface area (Å²) in [4.78, 5) is 13.1. The van der Waals surface area contributed by atoms with Crippen molar-refractivity contribution in [1.29, 1.82) is 0 Å². The van der Waals surface area contributed by atoms with Gasteiger partial charge in [0.2, 0.25) is 6.08 Å². The van der Waals surface area contributed by atoms with Crippen molar-refractivity contribution in [2.24, 2.45) is 4.99 Å². The maximum Gasteiger partial charge on any atom is 0.240 e. The summed E-state index contributed by atoms with van der Waals surface area (Å²) in [6, 6.07) is 18.4. The third-order valence-electron chi connectivity index (χ3n) is 1.66. The van der Waals surface area contributed by atoms with Crippen molar-refractivity contribution < 1.29 is 4.79 Å². The van der Waals surface area contributed by atoms with E-state index in [1.807, 2.05) is 48.5 Å². The summed E-state index contributed by atoms with van der Waals surface area (Å²) in [5, 5.41) is 0.794. The van der Waals surface area contributed by atoms with E-state index in [-0.39, 0.29) is 0 Å². The SMILES string of the molecule is Clc1ccccc1.O=C=Nc1ccccc1. The van der Waals surface area contributed by atoms with E-state index in [1.165, 1.54) is 6.08 Å². The molecule has 0 aliphatic carbocycles. The van der Waals surface area contributed by atoms with Gasteiger partial charge in [-0.15, -0.1) is 0 Å². The molecule has 0 atom stereocenters. The molecule has 2 nitrogen and oxygen atoms in total. The number of isocyanates is 1. The summed E-state index contributed by atoms with van der Waals surface area (Å²) in [7, 11) is 0. The Morgan fingerprint density at radius 1 is 0.875 bits per heavy atom. The second kappa shape index (κ2) is 7.41. The standard InChI is InChI=1S/C7H5NO.C6H5Cl/c9-6-8-7-4-2-1-3-5-7;7-6-4-2-1-3-5-6/h1-5H;1-5H. The third kappa shape index (κ3) is 5.11. The Balaban J connectivity index is 0.000000165. The molecule has 0 saturated heterocycles. The van der Waals surface area contributed by atoms with Gasteiger partial charge >= 0.3 is 0 Å². The quantitative estimate of drug-likeness (QED) is 0.539. The highest BCUT2D eigenvalue weighted by Gasteiger charge is 1.80. The Morgan fingerprint density at radius 3 is 1.75 bits per heavy atom. The van der Waals surface area contributed by atoms with E-state index >= 15 is 0 Å². The molecule has 0 aromatic heterocycles. The number of halogens is 1. The molecule has 2 aromatic rings. The summed E-state index contributed by atoms with van der Waals surface area (Å²) < 4.78 is 0. The average molecular weight is 232 g/mol. The van der Waals surface area contributed by atoms with Crippen LogP contribution in [0.25, 0.3) is 0 Å². The molecule has 0 saturated carbocycles. The van der Waals surface area contributed by atoms with Crippen molar-refractivity contribution in [2.75, 3.05) is 0 Å². The Kier molecular flexibility index (Phi) is 5.64. The van der Waals surface area contributed by atoms with Gasteiger partial charge in [-0.1, -0.05) is 48.0 Å². The van der Waals surface area contributed by atoms with Gasteiger partial charge in [-0.2, -0.15) is 4.99 Å². The fraction of sp³-hybridized carbons (Fsp3) is 0. The lowest BCUT2D eigenvalue weighted by atomic mass is 10.3. The molecule has 0 N–H and O–H groups in total. The zero-order valence-electron chi connectivity index (χ0n) is 8.51. The van der Waals surface area contributed by atoms with E-state index in [2.05, 4.69) is 4.99 Å². The Hall–Kier alpha value is -1.89. The molecule has 0 bridgehead atoms. The van der Waals surface area contributed by atoms with Crippen molar-refractivity contribution in [1.82, 2.24) is 0 Å². The first-order chi connectivity index (χ1) is 7.83. The van der Waals surface area contributed by atoms with Crippen molar-refractivity contribution in [3.63, 3.8) is 0 Å². The van der Waals surface area contributed by atoms with Crippen molar-refractivity contribution in [2.45, 2.75) is 0 Å². The number of hydrogen-bond donors (Lipinski definition) is 0. The highest BCUT2D eigenvalue weighted by molar-refractivity contribution is 6.30. The van der Waals surface area contributed by atoms with E-state index in [0.29, 0.717) is 5.69 Å². The topological polar surface area (TPSA) is 29.4 Å². The fourth-order valence-corrected chi connectivity index (χ4v) is 1.12. The molecule has 0 fully saturated rings. The van der Waals surface area contributed by atoms with Crippen LogP contribution in [-0.2, 0) is 4.79 Å². The molecule has 16 heavy (non-hydrogen) atoms. The van der Waals surface area contributed by atoms with E-state index in [9.17, 15) is 4.79 Å². The Labute approximate surface area is 99.2 Å². The number of hydrogen-bond acceptors (Lipinski definition) is 2. The van der Waals surface area contributed by atoms with Crippen LogP contribution in [0.3, 0.4) is 0 Å². The smallest absolute Gasteiger partial charge is 0.211 e. The van der Waals surface area contributed by atoms with E-state index in [4.69, 9.17) is 11.6 Å². The first-order valence-electron chi connectivity index (χ1n) is 4.66. The number of carbonyl (C=O) groups excluding carboxylic acids is 1. The second-order valence-electron chi connectivity index (χ2n) is 2.83. The molecule has 3 heteroatoms. The lowest BCUT2D eigenvalue weighted by Crippen LogP contribution is -1.59. The maximum atomic E-state index is 9.68. The van der Waals surface area contributed by atoms with E-state index in [1.54, 1.807) is 12.1 Å². The predicted molar refractivity (Wildman–Crippen MR) is 65.7 cm³/mol. The summed E-state index contributed by atoms with van der Waals surface area (Å²) in [5.74, 6) is 0. The largest absolute Gasteiger partial charge is 0.240 e. The van der Waals surface area contributed by atoms with Gasteiger partial charge in [-0.25, -0.2) is 4.79 Å². The van der Waals surface area contributed by atoms with Crippen LogP contribution in [0, 0.1) is 0 Å². The second-order valence-corrected chi connectivity index (χ2v) is 3.27. The molecule has 0 radical (unpaired) electrons. The predicted octanol–water partition coefficient (Wildman–Crippen LogP) is 3.99. The number of aliphatic imine (C=N–C) groups is 1. The summed E-state index contributed by atoms with van der Waals surface area (Å²) >= 11 is 5.54. The van der Waals surface area contributed by atoms with Crippen molar-refractivity contribution >= 4 is 23.4 Å². The maximum absolute atomic E-state index is 9.68. The van der Waals surface area contributed by atoms with Gasteiger partial charge in [-0.3, -0.25) is 0 Å². The van der Waals surface area contributed by atoms with Gasteiger partial charge in [0.25, 0.3) is 0 Å². The minimum absolute atomic E-state index is 0.646. The molecule has 0 unspecified atom stereocenters. The lowest BCUT2D eigenvalue weighted by molar-refractivity contribution is 0.565. The van der Waals surface area contributed by atoms with Gasteiger partial charge < -0.3 is 0 Å². The minimum atomic E-state index is 0.646. The summed E-state index contributed by atoms with van der Waals surface area (Å²) in [6.45, 7) is 0. The van der Waals surface area contributed by atoms with Gasteiger partial charge in [0, 0.05) is 5.02 Å². The number of benzene rings is 2. The van der Waals surface area contributed by atoms with Crippen LogP contribution in [0.5, 0.6) is 0 Å². The first-order valence-corrected chi connectivity index (χ1v) is 5.04. The van der Waals surface area contributed by atoms with Crippen LogP contribution in [0.15, 0.2) is 65.7 Å². The summed E-state index contributed by atoms with van der Waals surface area (Å²) in [5.41, 5.74) is 0.646. The Morgan fingerprint density at radius 2 is 1.38 bits per heavy atom. The zero-order chi connectivity index (χ0) is 11.6. The Bertz CT molecular complexity index is 450. The molecular weight excluding hydrogens is 222 g/mol. The van der Waals surface area contributed by atoms with Crippen LogP contribution in [0.1, 0.15) is 0 Å². The first kappa shape index (κ1) is 12.2. The van der Waals surface area contributed by atoms with Crippen LogP contribution in [-0.4, -0.2) is 6.08 Å². The molecule has 0 spiro atoms. The highest BCUT2D eigenvalue weighted by atomic mass is 35.5.